The molecule has 0 aliphatic heterocycles. The average molecular weight is 201 g/mol. The lowest BCUT2D eigenvalue weighted by atomic mass is 10.0. The summed E-state index contributed by atoms with van der Waals surface area (Å²) in [4.78, 5) is 11.1. The van der Waals surface area contributed by atoms with E-state index in [9.17, 15) is 4.79 Å². The van der Waals surface area contributed by atoms with Crippen LogP contribution in [0.4, 0.5) is 0 Å². The van der Waals surface area contributed by atoms with Crippen molar-refractivity contribution < 1.29 is 9.53 Å². The van der Waals surface area contributed by atoms with Gasteiger partial charge in [0, 0.05) is 0 Å². The van der Waals surface area contributed by atoms with E-state index in [1.807, 2.05) is 6.07 Å². The highest BCUT2D eigenvalue weighted by atomic mass is 16.5. The van der Waals surface area contributed by atoms with Crippen LogP contribution in [0, 0.1) is 11.3 Å². The smallest absolute Gasteiger partial charge is 0.309 e. The van der Waals surface area contributed by atoms with Gasteiger partial charge in [-0.2, -0.15) is 5.26 Å². The maximum absolute atomic E-state index is 11.1. The number of rotatable bonds is 3. The molecule has 15 heavy (non-hydrogen) atoms. The highest BCUT2D eigenvalue weighted by Gasteiger charge is 2.06. The molecule has 0 amide bonds. The van der Waals surface area contributed by atoms with Crippen LogP contribution in [0.2, 0.25) is 0 Å². The molecule has 1 aromatic carbocycles. The van der Waals surface area contributed by atoms with Gasteiger partial charge in [0.1, 0.15) is 0 Å². The van der Waals surface area contributed by atoms with E-state index in [0.29, 0.717) is 5.56 Å². The minimum atomic E-state index is -0.303. The summed E-state index contributed by atoms with van der Waals surface area (Å²) in [5, 5.41) is 8.70. The van der Waals surface area contributed by atoms with E-state index in [1.54, 1.807) is 24.3 Å². The largest absolute Gasteiger partial charge is 0.469 e. The molecule has 3 heteroatoms. The van der Waals surface area contributed by atoms with Crippen molar-refractivity contribution in [3.05, 3.63) is 41.5 Å². The standard InChI is InChI=1S/C12H11NO2/c1-3-10-6-9(8-13)4-5-11(10)7-12(14)15-2/h3-6H,1,7H2,2H3. The average Bonchev–Trinajstić information content (AvgIpc) is 2.29. The highest BCUT2D eigenvalue weighted by molar-refractivity contribution is 5.74. The molecular formula is C12H11NO2. The summed E-state index contributed by atoms with van der Waals surface area (Å²) in [6.07, 6.45) is 1.82. The predicted octanol–water partition coefficient (Wildman–Crippen LogP) is 1.92. The molecule has 0 aliphatic rings. The van der Waals surface area contributed by atoms with Gasteiger partial charge in [-0.05, 0) is 23.3 Å². The van der Waals surface area contributed by atoms with Crippen molar-refractivity contribution in [3.63, 3.8) is 0 Å². The van der Waals surface area contributed by atoms with Crippen molar-refractivity contribution in [2.45, 2.75) is 6.42 Å². The fraction of sp³-hybridized carbons (Fsp3) is 0.167. The molecule has 0 saturated carbocycles. The number of hydrogen-bond donors (Lipinski definition) is 0. The Morgan fingerprint density at radius 2 is 2.40 bits per heavy atom. The van der Waals surface area contributed by atoms with Crippen molar-refractivity contribution in [3.8, 4) is 6.07 Å². The van der Waals surface area contributed by atoms with E-state index in [-0.39, 0.29) is 12.4 Å². The molecule has 0 radical (unpaired) electrons. The topological polar surface area (TPSA) is 50.1 Å². The zero-order valence-electron chi connectivity index (χ0n) is 8.49. The lowest BCUT2D eigenvalue weighted by molar-refractivity contribution is -0.139. The molecule has 0 heterocycles. The fourth-order valence-corrected chi connectivity index (χ4v) is 1.24. The number of nitriles is 1. The Kier molecular flexibility index (Phi) is 3.64. The molecule has 0 aromatic heterocycles. The van der Waals surface area contributed by atoms with Crippen LogP contribution < -0.4 is 0 Å². The molecule has 0 saturated heterocycles. The number of hydrogen-bond acceptors (Lipinski definition) is 3. The lowest BCUT2D eigenvalue weighted by Gasteiger charge is -2.04. The summed E-state index contributed by atoms with van der Waals surface area (Å²) in [7, 11) is 1.35. The molecule has 0 unspecified atom stereocenters. The van der Waals surface area contributed by atoms with Gasteiger partial charge < -0.3 is 4.74 Å². The van der Waals surface area contributed by atoms with E-state index in [4.69, 9.17) is 5.26 Å². The zero-order chi connectivity index (χ0) is 11.3. The number of nitrogens with zero attached hydrogens (tertiary/aromatic N) is 1. The van der Waals surface area contributed by atoms with Gasteiger partial charge in [-0.1, -0.05) is 18.7 Å². The summed E-state index contributed by atoms with van der Waals surface area (Å²) in [6.45, 7) is 3.64. The zero-order valence-corrected chi connectivity index (χ0v) is 8.49. The third-order valence-electron chi connectivity index (χ3n) is 2.06. The molecule has 76 valence electrons. The second kappa shape index (κ2) is 4.97. The van der Waals surface area contributed by atoms with Crippen LogP contribution >= 0.6 is 0 Å². The van der Waals surface area contributed by atoms with Gasteiger partial charge in [0.05, 0.1) is 25.2 Å². The normalized spacial score (nSPS) is 9.07. The number of carbonyl (C=O) groups is 1. The van der Waals surface area contributed by atoms with Crippen LogP contribution in [-0.2, 0) is 16.0 Å². The van der Waals surface area contributed by atoms with Crippen molar-refractivity contribution in [2.75, 3.05) is 7.11 Å². The van der Waals surface area contributed by atoms with Gasteiger partial charge in [0.2, 0.25) is 0 Å². The van der Waals surface area contributed by atoms with E-state index in [1.165, 1.54) is 7.11 Å². The number of methoxy groups -OCH3 is 1. The number of carbonyl (C=O) groups excluding carboxylic acids is 1. The van der Waals surface area contributed by atoms with Crippen LogP contribution in [0.15, 0.2) is 24.8 Å². The van der Waals surface area contributed by atoms with E-state index < -0.39 is 0 Å². The summed E-state index contributed by atoms with van der Waals surface area (Å²) in [5.41, 5.74) is 2.16. The first-order valence-corrected chi connectivity index (χ1v) is 4.43. The van der Waals surface area contributed by atoms with Crippen LogP contribution in [0.25, 0.3) is 6.08 Å². The first-order valence-electron chi connectivity index (χ1n) is 4.43. The van der Waals surface area contributed by atoms with Crippen molar-refractivity contribution >= 4 is 12.0 Å². The van der Waals surface area contributed by atoms with Crippen LogP contribution in [0.5, 0.6) is 0 Å². The van der Waals surface area contributed by atoms with Gasteiger partial charge in [-0.15, -0.1) is 0 Å². The lowest BCUT2D eigenvalue weighted by Crippen LogP contribution is -2.05. The van der Waals surface area contributed by atoms with Gasteiger partial charge in [-0.3, -0.25) is 4.79 Å². The second-order valence-electron chi connectivity index (χ2n) is 2.98. The summed E-state index contributed by atoms with van der Waals surface area (Å²) >= 11 is 0. The Balaban J connectivity index is 3.03. The van der Waals surface area contributed by atoms with Gasteiger partial charge in [0.15, 0.2) is 0 Å². The second-order valence-corrected chi connectivity index (χ2v) is 2.98. The Morgan fingerprint density at radius 3 is 2.93 bits per heavy atom. The molecule has 0 atom stereocenters. The predicted molar refractivity (Wildman–Crippen MR) is 57.0 cm³/mol. The minimum Gasteiger partial charge on any atom is -0.469 e. The van der Waals surface area contributed by atoms with Crippen LogP contribution in [0.1, 0.15) is 16.7 Å². The van der Waals surface area contributed by atoms with E-state index in [2.05, 4.69) is 11.3 Å². The monoisotopic (exact) mass is 201 g/mol. The van der Waals surface area contributed by atoms with Gasteiger partial charge in [-0.25, -0.2) is 0 Å². The number of benzene rings is 1. The van der Waals surface area contributed by atoms with Crippen molar-refractivity contribution in [1.82, 2.24) is 0 Å². The third kappa shape index (κ3) is 2.68. The molecule has 0 aliphatic carbocycles. The molecule has 1 aromatic rings. The Bertz CT molecular complexity index is 430. The highest BCUT2D eigenvalue weighted by Crippen LogP contribution is 2.14. The number of esters is 1. The first kappa shape index (κ1) is 11.0. The van der Waals surface area contributed by atoms with Crippen molar-refractivity contribution in [1.29, 1.82) is 5.26 Å². The summed E-state index contributed by atoms with van der Waals surface area (Å²) in [5.74, 6) is -0.303. The Labute approximate surface area is 88.6 Å². The molecule has 1 rings (SSSR count). The van der Waals surface area contributed by atoms with Crippen LogP contribution in [-0.4, -0.2) is 13.1 Å². The van der Waals surface area contributed by atoms with E-state index >= 15 is 0 Å². The molecule has 0 bridgehead atoms. The molecule has 0 fully saturated rings. The fourth-order valence-electron chi connectivity index (χ4n) is 1.24. The van der Waals surface area contributed by atoms with Gasteiger partial charge in [0.25, 0.3) is 0 Å². The van der Waals surface area contributed by atoms with E-state index in [0.717, 1.165) is 11.1 Å². The Morgan fingerprint density at radius 1 is 1.67 bits per heavy atom. The summed E-state index contributed by atoms with van der Waals surface area (Å²) < 4.78 is 4.57. The maximum Gasteiger partial charge on any atom is 0.309 e. The SMILES string of the molecule is C=Cc1cc(C#N)ccc1CC(=O)OC. The molecule has 3 nitrogen and oxygen atoms in total. The maximum atomic E-state index is 11.1. The summed E-state index contributed by atoms with van der Waals surface area (Å²) in [6, 6.07) is 7.15. The quantitative estimate of drug-likeness (QED) is 0.702. The van der Waals surface area contributed by atoms with Crippen molar-refractivity contribution in [2.24, 2.45) is 0 Å². The first-order chi connectivity index (χ1) is 7.21. The molecule has 0 N–H and O–H groups in total. The number of ether oxygens (including phenoxy) is 1. The minimum absolute atomic E-state index is 0.198. The Hall–Kier alpha value is -2.08. The van der Waals surface area contributed by atoms with Gasteiger partial charge >= 0.3 is 5.97 Å². The molecule has 0 spiro atoms. The third-order valence-corrected chi connectivity index (χ3v) is 2.06. The molecular weight excluding hydrogens is 190 g/mol. The van der Waals surface area contributed by atoms with Crippen LogP contribution in [0.3, 0.4) is 0 Å².